The summed E-state index contributed by atoms with van der Waals surface area (Å²) >= 11 is 12.4. The highest BCUT2D eigenvalue weighted by Crippen LogP contribution is 2.39. The molecule has 9 nitrogen and oxygen atoms in total. The molecule has 1 aliphatic rings. The van der Waals surface area contributed by atoms with Crippen LogP contribution in [0.3, 0.4) is 0 Å². The van der Waals surface area contributed by atoms with Gasteiger partial charge in [-0.05, 0) is 59.7 Å². The van der Waals surface area contributed by atoms with E-state index in [0.29, 0.717) is 35.2 Å². The number of anilines is 2. The minimum absolute atomic E-state index is 0.0333. The summed E-state index contributed by atoms with van der Waals surface area (Å²) < 4.78 is 20.3. The van der Waals surface area contributed by atoms with Crippen molar-refractivity contribution in [2.45, 2.75) is 38.1 Å². The van der Waals surface area contributed by atoms with E-state index in [2.05, 4.69) is 15.6 Å². The van der Waals surface area contributed by atoms with Crippen LogP contribution in [0.1, 0.15) is 35.5 Å². The Bertz CT molecular complexity index is 1720. The van der Waals surface area contributed by atoms with Crippen molar-refractivity contribution in [3.8, 4) is 11.5 Å². The van der Waals surface area contributed by atoms with Gasteiger partial charge >= 0.3 is 6.03 Å². The number of carbonyl (C=O) groups excluding carboxylic acids is 1. The van der Waals surface area contributed by atoms with Gasteiger partial charge in [-0.2, -0.15) is 0 Å². The van der Waals surface area contributed by atoms with E-state index < -0.39 is 6.29 Å². The van der Waals surface area contributed by atoms with Gasteiger partial charge in [-0.15, -0.1) is 0 Å². The molecule has 3 atom stereocenters. The van der Waals surface area contributed by atoms with Gasteiger partial charge in [-0.25, -0.2) is 9.78 Å². The summed E-state index contributed by atoms with van der Waals surface area (Å²) in [4.78, 5) is 16.8. The maximum absolute atomic E-state index is 12.7. The molecule has 1 fully saturated rings. The number of aliphatic hydroxyl groups excluding tert-OH is 1. The van der Waals surface area contributed by atoms with Crippen LogP contribution in [0.15, 0.2) is 109 Å². The molecule has 230 valence electrons. The SMILES string of the molecule is O=C(Nc1ccc(Oc2ccccc2)cc1)Nc1ccc(C2OC(Cn3cnc(Cl)c3Cl)CC(c3ccc(CO)cc3)O2)cc1. The van der Waals surface area contributed by atoms with Crippen molar-refractivity contribution < 1.29 is 24.1 Å². The van der Waals surface area contributed by atoms with Crippen LogP contribution in [0.25, 0.3) is 0 Å². The minimum Gasteiger partial charge on any atom is -0.457 e. The lowest BCUT2D eigenvalue weighted by Gasteiger charge is -2.36. The van der Waals surface area contributed by atoms with Gasteiger partial charge in [-0.3, -0.25) is 0 Å². The molecule has 1 aliphatic heterocycles. The van der Waals surface area contributed by atoms with E-state index in [-0.39, 0.29) is 30.0 Å². The third-order valence-electron chi connectivity index (χ3n) is 7.28. The summed E-state index contributed by atoms with van der Waals surface area (Å²) in [5, 5.41) is 15.7. The number of aliphatic hydroxyl groups is 1. The van der Waals surface area contributed by atoms with E-state index in [1.165, 1.54) is 0 Å². The summed E-state index contributed by atoms with van der Waals surface area (Å²) in [5.41, 5.74) is 3.79. The number of imidazole rings is 1. The van der Waals surface area contributed by atoms with Gasteiger partial charge in [0.05, 0.1) is 31.7 Å². The third-order valence-corrected chi connectivity index (χ3v) is 8.05. The van der Waals surface area contributed by atoms with E-state index in [9.17, 15) is 9.90 Å². The fourth-order valence-corrected chi connectivity index (χ4v) is 5.28. The average Bonchev–Trinajstić information content (AvgIpc) is 3.38. The average molecular weight is 646 g/mol. The van der Waals surface area contributed by atoms with Gasteiger partial charge in [0.25, 0.3) is 0 Å². The molecule has 6 rings (SSSR count). The Hall–Kier alpha value is -4.38. The summed E-state index contributed by atoms with van der Waals surface area (Å²) in [7, 11) is 0. The van der Waals surface area contributed by atoms with Crippen LogP contribution in [0.5, 0.6) is 11.5 Å². The quantitative estimate of drug-likeness (QED) is 0.149. The molecule has 0 saturated carbocycles. The van der Waals surface area contributed by atoms with Gasteiger partial charge in [0.2, 0.25) is 0 Å². The van der Waals surface area contributed by atoms with Crippen LogP contribution >= 0.6 is 23.2 Å². The summed E-state index contributed by atoms with van der Waals surface area (Å²) in [6, 6.07) is 31.2. The summed E-state index contributed by atoms with van der Waals surface area (Å²) in [5.74, 6) is 1.40. The number of nitrogens with one attached hydrogen (secondary N) is 2. The number of aromatic nitrogens is 2. The van der Waals surface area contributed by atoms with Crippen molar-refractivity contribution in [1.82, 2.24) is 9.55 Å². The number of rotatable bonds is 9. The van der Waals surface area contributed by atoms with Gasteiger partial charge < -0.3 is 34.5 Å². The predicted molar refractivity (Wildman–Crippen MR) is 173 cm³/mol. The van der Waals surface area contributed by atoms with Crippen LogP contribution in [-0.4, -0.2) is 26.8 Å². The molecule has 0 aliphatic carbocycles. The lowest BCUT2D eigenvalue weighted by Crippen LogP contribution is -2.32. The van der Waals surface area contributed by atoms with Crippen LogP contribution in [0, 0.1) is 0 Å². The summed E-state index contributed by atoms with van der Waals surface area (Å²) in [6.07, 6.45) is 0.945. The first kappa shape index (κ1) is 30.6. The first-order valence-corrected chi connectivity index (χ1v) is 15.1. The zero-order valence-corrected chi connectivity index (χ0v) is 25.5. The van der Waals surface area contributed by atoms with Crippen molar-refractivity contribution in [3.63, 3.8) is 0 Å². The molecule has 5 aromatic rings. The lowest BCUT2D eigenvalue weighted by atomic mass is 10.00. The maximum Gasteiger partial charge on any atom is 0.323 e. The van der Waals surface area contributed by atoms with Gasteiger partial charge in [0.1, 0.15) is 16.7 Å². The maximum atomic E-state index is 12.7. The molecule has 0 radical (unpaired) electrons. The van der Waals surface area contributed by atoms with E-state index in [0.717, 1.165) is 22.4 Å². The topological polar surface area (TPSA) is 107 Å². The predicted octanol–water partition coefficient (Wildman–Crippen LogP) is 8.36. The molecule has 2 amide bonds. The van der Waals surface area contributed by atoms with E-state index >= 15 is 0 Å². The smallest absolute Gasteiger partial charge is 0.323 e. The van der Waals surface area contributed by atoms with E-state index in [4.69, 9.17) is 37.4 Å². The molecule has 1 saturated heterocycles. The molecular weight excluding hydrogens is 615 g/mol. The second-order valence-electron chi connectivity index (χ2n) is 10.5. The Morgan fingerprint density at radius 1 is 0.844 bits per heavy atom. The molecule has 1 aromatic heterocycles. The number of hydrogen-bond donors (Lipinski definition) is 3. The highest BCUT2D eigenvalue weighted by Gasteiger charge is 2.33. The molecule has 0 spiro atoms. The molecule has 0 bridgehead atoms. The molecule has 2 heterocycles. The van der Waals surface area contributed by atoms with Crippen LogP contribution in [-0.2, 0) is 22.6 Å². The van der Waals surface area contributed by atoms with Gasteiger partial charge in [-0.1, -0.05) is 77.8 Å². The van der Waals surface area contributed by atoms with Crippen LogP contribution < -0.4 is 15.4 Å². The zero-order chi connectivity index (χ0) is 31.2. The molecular formula is C34H30Cl2N4O5. The Labute approximate surface area is 270 Å². The molecule has 4 aromatic carbocycles. The van der Waals surface area contributed by atoms with Crippen LogP contribution in [0.2, 0.25) is 10.3 Å². The second kappa shape index (κ2) is 14.2. The number of ether oxygens (including phenoxy) is 3. The molecule has 3 unspecified atom stereocenters. The minimum atomic E-state index is -0.677. The third kappa shape index (κ3) is 7.83. The van der Waals surface area contributed by atoms with Crippen molar-refractivity contribution >= 4 is 40.6 Å². The molecule has 11 heteroatoms. The highest BCUT2D eigenvalue weighted by atomic mass is 35.5. The lowest BCUT2D eigenvalue weighted by molar-refractivity contribution is -0.252. The Morgan fingerprint density at radius 2 is 1.47 bits per heavy atom. The fourth-order valence-electron chi connectivity index (χ4n) is 4.97. The number of nitrogens with zero attached hydrogens (tertiary/aromatic N) is 2. The van der Waals surface area contributed by atoms with Crippen molar-refractivity contribution in [3.05, 3.63) is 136 Å². The Morgan fingerprint density at radius 3 is 2.09 bits per heavy atom. The first-order valence-electron chi connectivity index (χ1n) is 14.3. The van der Waals surface area contributed by atoms with Crippen molar-refractivity contribution in [1.29, 1.82) is 0 Å². The first-order chi connectivity index (χ1) is 21.9. The number of halogens is 2. The largest absolute Gasteiger partial charge is 0.457 e. The monoisotopic (exact) mass is 644 g/mol. The van der Waals surface area contributed by atoms with Crippen molar-refractivity contribution in [2.75, 3.05) is 10.6 Å². The number of carbonyl (C=O) groups is 1. The number of para-hydroxylation sites is 1. The summed E-state index contributed by atoms with van der Waals surface area (Å²) in [6.45, 7) is 0.400. The number of hydrogen-bond acceptors (Lipinski definition) is 6. The molecule has 45 heavy (non-hydrogen) atoms. The number of amides is 2. The number of urea groups is 1. The van der Waals surface area contributed by atoms with Gasteiger partial charge in [0, 0.05) is 23.4 Å². The Balaban J connectivity index is 1.10. The number of benzene rings is 4. The van der Waals surface area contributed by atoms with Crippen molar-refractivity contribution in [2.24, 2.45) is 0 Å². The Kier molecular flexibility index (Phi) is 9.63. The normalized spacial score (nSPS) is 17.9. The molecule has 3 N–H and O–H groups in total. The van der Waals surface area contributed by atoms with Crippen LogP contribution in [0.4, 0.5) is 16.2 Å². The van der Waals surface area contributed by atoms with E-state index in [1.54, 1.807) is 47.3 Å². The second-order valence-corrected chi connectivity index (χ2v) is 11.2. The fraction of sp³-hybridized carbons (Fsp3) is 0.176. The zero-order valence-electron chi connectivity index (χ0n) is 24.0. The van der Waals surface area contributed by atoms with E-state index in [1.807, 2.05) is 66.7 Å². The van der Waals surface area contributed by atoms with Gasteiger partial charge in [0.15, 0.2) is 11.4 Å². The highest BCUT2D eigenvalue weighted by molar-refractivity contribution is 6.40. The standard InChI is InChI=1S/C34H30Cl2N4O5/c35-31-32(36)40(21-37-31)19-29-18-30(23-8-6-22(20-41)7-9-23)45-33(44-29)24-10-12-25(13-11-24)38-34(42)39-26-14-16-28(17-15-26)43-27-4-2-1-3-5-27/h1-17,21,29-30,33,41H,18-20H2,(H2,38,39,42).